The Morgan fingerprint density at radius 3 is 3.29 bits per heavy atom. The van der Waals surface area contributed by atoms with Gasteiger partial charge in [0.2, 0.25) is 5.91 Å². The fraction of sp³-hybridized carbons (Fsp3) is 0.556. The van der Waals surface area contributed by atoms with Crippen molar-refractivity contribution < 1.29 is 4.79 Å². The van der Waals surface area contributed by atoms with Crippen molar-refractivity contribution in [2.75, 3.05) is 11.9 Å². The molecule has 0 saturated carbocycles. The largest absolute Gasteiger partial charge is 0.311 e. The molecule has 0 unspecified atom stereocenters. The highest BCUT2D eigenvalue weighted by molar-refractivity contribution is 7.15. The summed E-state index contributed by atoms with van der Waals surface area (Å²) in [7, 11) is 0. The summed E-state index contributed by atoms with van der Waals surface area (Å²) in [6.07, 6.45) is 1.47. The van der Waals surface area contributed by atoms with E-state index in [1.807, 2.05) is 6.92 Å². The van der Waals surface area contributed by atoms with E-state index in [2.05, 4.69) is 15.6 Å². The van der Waals surface area contributed by atoms with Crippen LogP contribution in [-0.2, 0) is 17.8 Å². The van der Waals surface area contributed by atoms with Crippen LogP contribution >= 0.6 is 11.3 Å². The topological polar surface area (TPSA) is 54.0 Å². The quantitative estimate of drug-likeness (QED) is 0.771. The summed E-state index contributed by atoms with van der Waals surface area (Å²) in [6, 6.07) is 0. The molecule has 1 aromatic heterocycles. The molecule has 4 nitrogen and oxygen atoms in total. The monoisotopic (exact) mass is 211 g/mol. The van der Waals surface area contributed by atoms with Crippen LogP contribution < -0.4 is 10.6 Å². The molecular weight excluding hydrogens is 198 g/mol. The smallest absolute Gasteiger partial charge is 0.225 e. The molecule has 0 aromatic carbocycles. The number of aromatic nitrogens is 1. The molecule has 76 valence electrons. The van der Waals surface area contributed by atoms with Crippen molar-refractivity contribution in [3.05, 3.63) is 10.6 Å². The van der Waals surface area contributed by atoms with Crippen LogP contribution in [0.2, 0.25) is 0 Å². The third kappa shape index (κ3) is 1.93. The van der Waals surface area contributed by atoms with Gasteiger partial charge in [0.25, 0.3) is 0 Å². The Hall–Kier alpha value is -0.940. The minimum absolute atomic E-state index is 0.0315. The average Bonchev–Trinajstić information content (AvgIpc) is 2.59. The Morgan fingerprint density at radius 2 is 2.57 bits per heavy atom. The van der Waals surface area contributed by atoms with Gasteiger partial charge in [0.15, 0.2) is 5.13 Å². The van der Waals surface area contributed by atoms with E-state index in [1.54, 1.807) is 11.3 Å². The second kappa shape index (κ2) is 4.06. The Kier molecular flexibility index (Phi) is 2.79. The van der Waals surface area contributed by atoms with E-state index in [-0.39, 0.29) is 5.91 Å². The zero-order chi connectivity index (χ0) is 9.97. The number of nitrogens with one attached hydrogen (secondary N) is 2. The molecule has 1 aliphatic rings. The van der Waals surface area contributed by atoms with Crippen LogP contribution in [0, 0.1) is 0 Å². The van der Waals surface area contributed by atoms with E-state index < -0.39 is 0 Å². The summed E-state index contributed by atoms with van der Waals surface area (Å²) in [6.45, 7) is 3.71. The minimum Gasteiger partial charge on any atom is -0.311 e. The van der Waals surface area contributed by atoms with Crippen LogP contribution in [0.3, 0.4) is 0 Å². The number of anilines is 1. The fourth-order valence-electron chi connectivity index (χ4n) is 1.39. The van der Waals surface area contributed by atoms with E-state index in [4.69, 9.17) is 0 Å². The minimum atomic E-state index is 0.0315. The molecule has 0 radical (unpaired) electrons. The van der Waals surface area contributed by atoms with E-state index in [0.29, 0.717) is 6.42 Å². The molecule has 1 aliphatic heterocycles. The molecule has 0 atom stereocenters. The van der Waals surface area contributed by atoms with Crippen LogP contribution in [0.25, 0.3) is 0 Å². The molecule has 1 aromatic rings. The first kappa shape index (κ1) is 9.61. The highest BCUT2D eigenvalue weighted by atomic mass is 32.1. The van der Waals surface area contributed by atoms with Gasteiger partial charge in [0.05, 0.1) is 5.69 Å². The Morgan fingerprint density at radius 1 is 1.71 bits per heavy atom. The van der Waals surface area contributed by atoms with E-state index in [1.165, 1.54) is 4.88 Å². The van der Waals surface area contributed by atoms with Crippen molar-refractivity contribution in [2.45, 2.75) is 26.3 Å². The molecule has 2 heterocycles. The SMILES string of the molecule is CCC(=O)Nc1nc2c(s1)CNCC2. The van der Waals surface area contributed by atoms with Gasteiger partial charge in [-0.25, -0.2) is 4.98 Å². The zero-order valence-electron chi connectivity index (χ0n) is 8.09. The van der Waals surface area contributed by atoms with Crippen LogP contribution in [0.4, 0.5) is 5.13 Å². The standard InChI is InChI=1S/C9H13N3OS/c1-2-8(13)12-9-11-6-3-4-10-5-7(6)14-9/h10H,2-5H2,1H3,(H,11,12,13). The van der Waals surface area contributed by atoms with E-state index in [0.717, 1.165) is 30.3 Å². The molecule has 2 rings (SSSR count). The summed E-state index contributed by atoms with van der Waals surface area (Å²) in [4.78, 5) is 16.8. The first-order chi connectivity index (χ1) is 6.79. The van der Waals surface area contributed by atoms with Gasteiger partial charge in [-0.05, 0) is 0 Å². The van der Waals surface area contributed by atoms with Gasteiger partial charge in [0.1, 0.15) is 0 Å². The van der Waals surface area contributed by atoms with Crippen molar-refractivity contribution in [1.29, 1.82) is 0 Å². The molecule has 0 bridgehead atoms. The van der Waals surface area contributed by atoms with Gasteiger partial charge in [-0.15, -0.1) is 11.3 Å². The summed E-state index contributed by atoms with van der Waals surface area (Å²) < 4.78 is 0. The number of rotatable bonds is 2. The lowest BCUT2D eigenvalue weighted by molar-refractivity contribution is -0.115. The lowest BCUT2D eigenvalue weighted by Gasteiger charge is -2.09. The van der Waals surface area contributed by atoms with Gasteiger partial charge < -0.3 is 10.6 Å². The molecule has 14 heavy (non-hydrogen) atoms. The number of thiazole rings is 1. The maximum absolute atomic E-state index is 11.1. The van der Waals surface area contributed by atoms with Crippen molar-refractivity contribution >= 4 is 22.4 Å². The molecule has 5 heteroatoms. The average molecular weight is 211 g/mol. The van der Waals surface area contributed by atoms with Crippen molar-refractivity contribution in [3.63, 3.8) is 0 Å². The number of hydrogen-bond donors (Lipinski definition) is 2. The summed E-state index contributed by atoms with van der Waals surface area (Å²) in [5.74, 6) is 0.0315. The van der Waals surface area contributed by atoms with Crippen LogP contribution in [0.5, 0.6) is 0 Å². The third-order valence-electron chi connectivity index (χ3n) is 2.17. The van der Waals surface area contributed by atoms with Crippen LogP contribution in [0.1, 0.15) is 23.9 Å². The summed E-state index contributed by atoms with van der Waals surface area (Å²) in [5, 5.41) is 6.81. The highest BCUT2D eigenvalue weighted by Crippen LogP contribution is 2.25. The molecule has 1 amide bonds. The predicted molar refractivity (Wildman–Crippen MR) is 56.4 cm³/mol. The highest BCUT2D eigenvalue weighted by Gasteiger charge is 2.15. The van der Waals surface area contributed by atoms with Crippen LogP contribution in [-0.4, -0.2) is 17.4 Å². The molecule has 0 fully saturated rings. The van der Waals surface area contributed by atoms with Gasteiger partial charge in [-0.2, -0.15) is 0 Å². The molecule has 0 aliphatic carbocycles. The molecule has 2 N–H and O–H groups in total. The van der Waals surface area contributed by atoms with Gasteiger partial charge in [-0.1, -0.05) is 6.92 Å². The normalized spacial score (nSPS) is 14.9. The number of carbonyl (C=O) groups is 1. The number of carbonyl (C=O) groups excluding carboxylic acids is 1. The van der Waals surface area contributed by atoms with E-state index in [9.17, 15) is 4.79 Å². The Balaban J connectivity index is 2.12. The fourth-order valence-corrected chi connectivity index (χ4v) is 2.38. The van der Waals surface area contributed by atoms with Crippen molar-refractivity contribution in [2.24, 2.45) is 0 Å². The van der Waals surface area contributed by atoms with Crippen molar-refractivity contribution in [3.8, 4) is 0 Å². The van der Waals surface area contributed by atoms with Gasteiger partial charge >= 0.3 is 0 Å². The zero-order valence-corrected chi connectivity index (χ0v) is 8.91. The predicted octanol–water partition coefficient (Wildman–Crippen LogP) is 1.14. The maximum Gasteiger partial charge on any atom is 0.225 e. The Bertz CT molecular complexity index is 324. The maximum atomic E-state index is 11.1. The summed E-state index contributed by atoms with van der Waals surface area (Å²) in [5.41, 5.74) is 1.14. The molecule has 0 saturated heterocycles. The first-order valence-electron chi connectivity index (χ1n) is 4.78. The number of hydrogen-bond acceptors (Lipinski definition) is 4. The number of fused-ring (bicyclic) bond motifs is 1. The lowest BCUT2D eigenvalue weighted by atomic mass is 10.2. The Labute approximate surface area is 86.7 Å². The number of nitrogens with zero attached hydrogens (tertiary/aromatic N) is 1. The van der Waals surface area contributed by atoms with Gasteiger partial charge in [0, 0.05) is 30.8 Å². The lowest BCUT2D eigenvalue weighted by Crippen LogP contribution is -2.22. The second-order valence-corrected chi connectivity index (χ2v) is 4.30. The molecule has 0 spiro atoms. The van der Waals surface area contributed by atoms with Gasteiger partial charge in [-0.3, -0.25) is 4.79 Å². The van der Waals surface area contributed by atoms with Crippen LogP contribution in [0.15, 0.2) is 0 Å². The van der Waals surface area contributed by atoms with E-state index >= 15 is 0 Å². The van der Waals surface area contributed by atoms with Crippen molar-refractivity contribution in [1.82, 2.24) is 10.3 Å². The number of amides is 1. The second-order valence-electron chi connectivity index (χ2n) is 3.22. The molecular formula is C9H13N3OS. The third-order valence-corrected chi connectivity index (χ3v) is 3.18. The first-order valence-corrected chi connectivity index (χ1v) is 5.60. The summed E-state index contributed by atoms with van der Waals surface area (Å²) >= 11 is 1.57.